The van der Waals surface area contributed by atoms with Crippen molar-refractivity contribution >= 4 is 40.9 Å². The number of benzene rings is 1. The summed E-state index contributed by atoms with van der Waals surface area (Å²) < 4.78 is 31.0. The highest BCUT2D eigenvalue weighted by atomic mass is 32.1. The SMILES string of the molecule is Cc1ncsc1-c1ccc(CNC(=O)[C@@H]2C[C@@H](O)CN2C(=O)[C@@H](NC(=O)C2(F)CC2)C(C)(C)C)c(OCC(=O)NCCOCCOCCC(=O)O)c1. The smallest absolute Gasteiger partial charge is 0.305 e. The van der Waals surface area contributed by atoms with Gasteiger partial charge in [0.2, 0.25) is 11.8 Å². The highest BCUT2D eigenvalue weighted by molar-refractivity contribution is 7.13. The van der Waals surface area contributed by atoms with Gasteiger partial charge in [-0.15, -0.1) is 11.3 Å². The molecule has 2 heterocycles. The van der Waals surface area contributed by atoms with Gasteiger partial charge in [0, 0.05) is 31.6 Å². The number of aromatic nitrogens is 1. The van der Waals surface area contributed by atoms with Crippen LogP contribution in [0, 0.1) is 12.3 Å². The third-order valence-electron chi connectivity index (χ3n) is 8.64. The largest absolute Gasteiger partial charge is 0.483 e. The third kappa shape index (κ3) is 11.4. The maximum absolute atomic E-state index is 14.5. The molecule has 1 saturated carbocycles. The van der Waals surface area contributed by atoms with Gasteiger partial charge < -0.3 is 45.3 Å². The zero-order valence-corrected chi connectivity index (χ0v) is 30.7. The normalized spacial score (nSPS) is 18.4. The van der Waals surface area contributed by atoms with Gasteiger partial charge in [0.05, 0.1) is 55.0 Å². The topological polar surface area (TPSA) is 206 Å². The van der Waals surface area contributed by atoms with Crippen LogP contribution < -0.4 is 20.7 Å². The fourth-order valence-corrected chi connectivity index (χ4v) is 6.31. The number of aliphatic carboxylic acids is 1. The molecule has 0 spiro atoms. The maximum Gasteiger partial charge on any atom is 0.305 e. The number of halogens is 1. The summed E-state index contributed by atoms with van der Waals surface area (Å²) in [7, 11) is 0. The molecule has 1 saturated heterocycles. The first-order valence-corrected chi connectivity index (χ1v) is 18.0. The van der Waals surface area contributed by atoms with Crippen molar-refractivity contribution in [3.63, 3.8) is 0 Å². The van der Waals surface area contributed by atoms with Crippen molar-refractivity contribution < 1.29 is 52.8 Å². The molecule has 4 amide bonds. The second-order valence-corrected chi connectivity index (χ2v) is 14.8. The summed E-state index contributed by atoms with van der Waals surface area (Å²) >= 11 is 1.44. The highest BCUT2D eigenvalue weighted by Crippen LogP contribution is 2.40. The average Bonchev–Trinajstić information content (AvgIpc) is 3.49. The van der Waals surface area contributed by atoms with E-state index in [1.807, 2.05) is 13.0 Å². The number of alkyl halides is 1. The zero-order valence-electron chi connectivity index (χ0n) is 29.9. The van der Waals surface area contributed by atoms with Gasteiger partial charge >= 0.3 is 5.97 Å². The minimum Gasteiger partial charge on any atom is -0.483 e. The second kappa shape index (κ2) is 18.0. The number of nitrogens with one attached hydrogen (secondary N) is 3. The van der Waals surface area contributed by atoms with Gasteiger partial charge in [-0.05, 0) is 36.8 Å². The summed E-state index contributed by atoms with van der Waals surface area (Å²) in [4.78, 5) is 69.5. The van der Waals surface area contributed by atoms with Crippen LogP contribution in [0.25, 0.3) is 10.4 Å². The summed E-state index contributed by atoms with van der Waals surface area (Å²) in [6.07, 6.45) is -0.920. The Kier molecular flexibility index (Phi) is 14.1. The van der Waals surface area contributed by atoms with Crippen LogP contribution >= 0.6 is 11.3 Å². The van der Waals surface area contributed by atoms with Crippen LogP contribution in [0.15, 0.2) is 23.7 Å². The number of nitrogens with zero attached hydrogens (tertiary/aromatic N) is 2. The molecule has 1 aromatic carbocycles. The maximum atomic E-state index is 14.5. The lowest BCUT2D eigenvalue weighted by atomic mass is 9.85. The van der Waals surface area contributed by atoms with Crippen LogP contribution in [0.4, 0.5) is 4.39 Å². The molecular formula is C35H48FN5O10S. The number of rotatable bonds is 19. The first kappa shape index (κ1) is 40.6. The molecule has 0 radical (unpaired) electrons. The summed E-state index contributed by atoms with van der Waals surface area (Å²) in [5, 5.41) is 27.2. The van der Waals surface area contributed by atoms with Crippen LogP contribution in [0.1, 0.15) is 57.7 Å². The van der Waals surface area contributed by atoms with Gasteiger partial charge in [-0.1, -0.05) is 32.9 Å². The fraction of sp³-hybridized carbons (Fsp3) is 0.600. The molecule has 2 fully saturated rings. The molecule has 0 bridgehead atoms. The average molecular weight is 750 g/mol. The standard InChI is InChI=1S/C35H48FN5O10S/c1-21-29(52-20-39-21)22-5-6-23(26(15-22)51-19-27(43)37-10-12-50-14-13-49-11-7-28(44)45)17-38-31(46)25-16-24(42)18-41(25)32(47)30(34(2,3)4)40-33(48)35(36)8-9-35/h5-6,15,20,24-25,30,42H,7-14,16-19H2,1-4H3,(H,37,43)(H,38,46)(H,40,48)(H,44,45)/t24-,25+,30-/m1/s1. The van der Waals surface area contributed by atoms with Crippen molar-refractivity contribution in [2.45, 2.75) is 83.8 Å². The Morgan fingerprint density at radius 2 is 1.81 bits per heavy atom. The van der Waals surface area contributed by atoms with E-state index in [2.05, 4.69) is 20.9 Å². The molecule has 1 aliphatic carbocycles. The van der Waals surface area contributed by atoms with Gasteiger partial charge in [0.25, 0.3) is 11.8 Å². The Bertz CT molecular complexity index is 1590. The molecule has 2 aromatic rings. The number of ether oxygens (including phenoxy) is 3. The van der Waals surface area contributed by atoms with Gasteiger partial charge in [-0.25, -0.2) is 9.37 Å². The molecule has 5 N–H and O–H groups in total. The number of hydrogen-bond donors (Lipinski definition) is 5. The van der Waals surface area contributed by atoms with E-state index in [0.717, 1.165) is 16.1 Å². The summed E-state index contributed by atoms with van der Waals surface area (Å²) in [6, 6.07) is 3.19. The lowest BCUT2D eigenvalue weighted by molar-refractivity contribution is -0.145. The van der Waals surface area contributed by atoms with E-state index in [9.17, 15) is 33.5 Å². The first-order valence-electron chi connectivity index (χ1n) is 17.2. The monoisotopic (exact) mass is 749 g/mol. The number of likely N-dealkylation sites (tertiary alicyclic amines) is 1. The molecule has 15 nitrogen and oxygen atoms in total. The minimum absolute atomic E-state index is 0.0238. The van der Waals surface area contributed by atoms with Crippen molar-refractivity contribution in [3.05, 3.63) is 35.0 Å². The van der Waals surface area contributed by atoms with Crippen LogP contribution in [0.3, 0.4) is 0 Å². The number of carboxylic acid groups (broad SMARTS) is 1. The number of carbonyl (C=O) groups is 5. The quantitative estimate of drug-likeness (QED) is 0.131. The number of β-amino-alcohol motifs (C(OH)–C–C–N with tert-alkyl or cyclic N) is 1. The summed E-state index contributed by atoms with van der Waals surface area (Å²) in [6.45, 7) is 7.55. The first-order chi connectivity index (χ1) is 24.6. The molecule has 1 aliphatic heterocycles. The van der Waals surface area contributed by atoms with Gasteiger partial charge in [0.1, 0.15) is 17.8 Å². The van der Waals surface area contributed by atoms with Crippen molar-refractivity contribution in [1.82, 2.24) is 25.8 Å². The predicted octanol–water partition coefficient (Wildman–Crippen LogP) is 1.73. The molecule has 286 valence electrons. The van der Waals surface area contributed by atoms with Crippen LogP contribution in [0.2, 0.25) is 0 Å². The Labute approximate surface area is 305 Å². The molecule has 2 aliphatic rings. The molecule has 4 rings (SSSR count). The lowest BCUT2D eigenvalue weighted by Crippen LogP contribution is -2.59. The molecule has 17 heteroatoms. The van der Waals surface area contributed by atoms with E-state index in [-0.39, 0.29) is 78.4 Å². The van der Waals surface area contributed by atoms with Crippen molar-refractivity contribution in [1.29, 1.82) is 0 Å². The second-order valence-electron chi connectivity index (χ2n) is 13.9. The van der Waals surface area contributed by atoms with Crippen molar-refractivity contribution in [3.8, 4) is 16.2 Å². The zero-order chi connectivity index (χ0) is 38.1. The summed E-state index contributed by atoms with van der Waals surface area (Å²) in [5.74, 6) is -3.00. The van der Waals surface area contributed by atoms with Crippen molar-refractivity contribution in [2.75, 3.05) is 46.1 Å². The third-order valence-corrected chi connectivity index (χ3v) is 9.61. The van der Waals surface area contributed by atoms with E-state index in [4.69, 9.17) is 19.3 Å². The predicted molar refractivity (Wildman–Crippen MR) is 187 cm³/mol. The summed E-state index contributed by atoms with van der Waals surface area (Å²) in [5.41, 5.74) is 1.09. The molecule has 0 unspecified atom stereocenters. The van der Waals surface area contributed by atoms with Crippen molar-refractivity contribution in [2.24, 2.45) is 5.41 Å². The number of thiazole rings is 1. The van der Waals surface area contributed by atoms with Crippen LogP contribution in [-0.2, 0) is 40.0 Å². The molecular weight excluding hydrogens is 701 g/mol. The Hall–Kier alpha value is -4.19. The van der Waals surface area contributed by atoms with Crippen LogP contribution in [-0.4, -0.2) is 120 Å². The highest BCUT2D eigenvalue weighted by Gasteiger charge is 2.53. The van der Waals surface area contributed by atoms with E-state index < -0.39 is 58.9 Å². The number of aliphatic hydroxyl groups is 1. The van der Waals surface area contributed by atoms with E-state index in [0.29, 0.717) is 11.3 Å². The number of amides is 4. The number of carbonyl (C=O) groups excluding carboxylic acids is 4. The Balaban J connectivity index is 1.37. The fourth-order valence-electron chi connectivity index (χ4n) is 5.51. The minimum atomic E-state index is -1.99. The van der Waals surface area contributed by atoms with Gasteiger partial charge in [-0.2, -0.15) is 0 Å². The van der Waals surface area contributed by atoms with Gasteiger partial charge in [-0.3, -0.25) is 24.0 Å². The Morgan fingerprint density at radius 1 is 1.10 bits per heavy atom. The number of carboxylic acids is 1. The number of aryl methyl sites for hydroxylation is 1. The number of aliphatic hydroxyl groups excluding tert-OH is 1. The number of hydrogen-bond acceptors (Lipinski definition) is 11. The van der Waals surface area contributed by atoms with Gasteiger partial charge in [0.15, 0.2) is 12.3 Å². The van der Waals surface area contributed by atoms with Crippen LogP contribution in [0.5, 0.6) is 5.75 Å². The lowest BCUT2D eigenvalue weighted by Gasteiger charge is -2.35. The van der Waals surface area contributed by atoms with E-state index >= 15 is 0 Å². The molecule has 3 atom stereocenters. The van der Waals surface area contributed by atoms with E-state index in [1.54, 1.807) is 38.4 Å². The molecule has 1 aromatic heterocycles. The Morgan fingerprint density at radius 3 is 2.44 bits per heavy atom. The van der Waals surface area contributed by atoms with E-state index in [1.165, 1.54) is 16.2 Å². The molecule has 52 heavy (non-hydrogen) atoms.